The molecule has 1 aromatic rings. The topological polar surface area (TPSA) is 23.8 Å². The summed E-state index contributed by atoms with van der Waals surface area (Å²) in [7, 11) is 0. The van der Waals surface area contributed by atoms with Crippen LogP contribution in [0.25, 0.3) is 0 Å². The molecule has 0 unspecified atom stereocenters. The Balaban J connectivity index is 2.96. The van der Waals surface area contributed by atoms with E-state index in [0.717, 1.165) is 5.56 Å². The summed E-state index contributed by atoms with van der Waals surface area (Å²) < 4.78 is 0. The molecular formula is C10H7NS. The average Bonchev–Trinajstić information content (AvgIpc) is 2.15. The van der Waals surface area contributed by atoms with Crippen LogP contribution in [-0.2, 0) is 0 Å². The lowest BCUT2D eigenvalue weighted by molar-refractivity contribution is 1.44. The summed E-state index contributed by atoms with van der Waals surface area (Å²) in [6.45, 7) is 0. The molecule has 12 heavy (non-hydrogen) atoms. The number of hydrogen-bond donors (Lipinski definition) is 0. The van der Waals surface area contributed by atoms with Crippen LogP contribution >= 0.6 is 11.8 Å². The first-order chi connectivity index (χ1) is 5.86. The Labute approximate surface area is 76.4 Å². The van der Waals surface area contributed by atoms with E-state index < -0.39 is 0 Å². The van der Waals surface area contributed by atoms with Crippen LogP contribution < -0.4 is 0 Å². The lowest BCUT2D eigenvalue weighted by Crippen LogP contribution is -1.74. The largest absolute Gasteiger partial charge is 0.183 e. The molecule has 0 radical (unpaired) electrons. The molecule has 2 heteroatoms. The minimum Gasteiger partial charge on any atom is -0.183 e. The van der Waals surface area contributed by atoms with Crippen molar-refractivity contribution in [1.82, 2.24) is 0 Å². The van der Waals surface area contributed by atoms with Crippen LogP contribution in [0.4, 0.5) is 0 Å². The Kier molecular flexibility index (Phi) is 3.26. The van der Waals surface area contributed by atoms with Crippen LogP contribution in [0, 0.1) is 23.2 Å². The van der Waals surface area contributed by atoms with Crippen molar-refractivity contribution in [2.45, 2.75) is 4.90 Å². The minimum atomic E-state index is 0.892. The number of nitriles is 1. The Bertz CT molecular complexity index is 365. The third-order valence-corrected chi connectivity index (χ3v) is 2.06. The second kappa shape index (κ2) is 4.49. The monoisotopic (exact) mass is 173 g/mol. The van der Waals surface area contributed by atoms with Gasteiger partial charge in [-0.15, -0.1) is 11.8 Å². The summed E-state index contributed by atoms with van der Waals surface area (Å²) in [5.41, 5.74) is 0.892. The van der Waals surface area contributed by atoms with Crippen molar-refractivity contribution in [2.75, 3.05) is 6.26 Å². The summed E-state index contributed by atoms with van der Waals surface area (Å²) in [5, 5.41) is 8.23. The van der Waals surface area contributed by atoms with Gasteiger partial charge in [0, 0.05) is 16.4 Å². The van der Waals surface area contributed by atoms with Gasteiger partial charge in [0.2, 0.25) is 0 Å². The van der Waals surface area contributed by atoms with Gasteiger partial charge in [0.25, 0.3) is 0 Å². The van der Waals surface area contributed by atoms with Crippen LogP contribution in [0.1, 0.15) is 5.56 Å². The highest BCUT2D eigenvalue weighted by Crippen LogP contribution is 2.14. The van der Waals surface area contributed by atoms with E-state index in [2.05, 4.69) is 11.8 Å². The Morgan fingerprint density at radius 3 is 2.92 bits per heavy atom. The molecular weight excluding hydrogens is 166 g/mol. The predicted molar refractivity (Wildman–Crippen MR) is 50.7 cm³/mol. The molecule has 0 fully saturated rings. The van der Waals surface area contributed by atoms with Crippen LogP contribution in [-0.4, -0.2) is 6.26 Å². The number of hydrogen-bond acceptors (Lipinski definition) is 2. The van der Waals surface area contributed by atoms with Crippen LogP contribution in [0.3, 0.4) is 0 Å². The van der Waals surface area contributed by atoms with Gasteiger partial charge < -0.3 is 0 Å². The van der Waals surface area contributed by atoms with Gasteiger partial charge in [-0.05, 0) is 24.5 Å². The van der Waals surface area contributed by atoms with Gasteiger partial charge in [-0.1, -0.05) is 12.0 Å². The van der Waals surface area contributed by atoms with Crippen molar-refractivity contribution >= 4 is 11.8 Å². The van der Waals surface area contributed by atoms with Gasteiger partial charge in [0.05, 0.1) is 0 Å². The smallest absolute Gasteiger partial charge is 0.152 e. The highest BCUT2D eigenvalue weighted by atomic mass is 32.2. The molecule has 1 rings (SSSR count). The molecule has 1 aromatic carbocycles. The van der Waals surface area contributed by atoms with E-state index in [1.54, 1.807) is 17.8 Å². The van der Waals surface area contributed by atoms with Gasteiger partial charge in [-0.25, -0.2) is 0 Å². The van der Waals surface area contributed by atoms with Crippen molar-refractivity contribution in [3.05, 3.63) is 29.8 Å². The quantitative estimate of drug-likeness (QED) is 0.480. The van der Waals surface area contributed by atoms with Crippen molar-refractivity contribution in [3.63, 3.8) is 0 Å². The maximum absolute atomic E-state index is 8.23. The van der Waals surface area contributed by atoms with Crippen LogP contribution in [0.15, 0.2) is 29.2 Å². The normalized spacial score (nSPS) is 8.00. The molecule has 0 N–H and O–H groups in total. The van der Waals surface area contributed by atoms with E-state index in [4.69, 9.17) is 5.26 Å². The SMILES string of the molecule is CSc1cccc(C#CC#N)c1. The van der Waals surface area contributed by atoms with Gasteiger partial charge in [-0.3, -0.25) is 0 Å². The molecule has 0 saturated heterocycles. The first-order valence-corrected chi connectivity index (χ1v) is 4.63. The van der Waals surface area contributed by atoms with Crippen molar-refractivity contribution in [2.24, 2.45) is 0 Å². The van der Waals surface area contributed by atoms with Gasteiger partial charge >= 0.3 is 0 Å². The number of thioether (sulfide) groups is 1. The summed E-state index contributed by atoms with van der Waals surface area (Å²) >= 11 is 1.67. The van der Waals surface area contributed by atoms with E-state index in [1.165, 1.54) is 4.90 Å². The molecule has 1 nitrogen and oxygen atoms in total. The van der Waals surface area contributed by atoms with Crippen LogP contribution in [0.2, 0.25) is 0 Å². The van der Waals surface area contributed by atoms with Gasteiger partial charge in [0.1, 0.15) is 0 Å². The molecule has 0 saturated carbocycles. The summed E-state index contributed by atoms with van der Waals surface area (Å²) in [4.78, 5) is 1.17. The van der Waals surface area contributed by atoms with Crippen molar-refractivity contribution in [1.29, 1.82) is 5.26 Å². The molecule has 0 atom stereocenters. The predicted octanol–water partition coefficient (Wildman–Crippen LogP) is 2.28. The number of rotatable bonds is 1. The zero-order chi connectivity index (χ0) is 8.81. The summed E-state index contributed by atoms with van der Waals surface area (Å²) in [6.07, 6.45) is 2.01. The van der Waals surface area contributed by atoms with Crippen LogP contribution in [0.5, 0.6) is 0 Å². The Morgan fingerprint density at radius 1 is 1.42 bits per heavy atom. The first kappa shape index (κ1) is 8.71. The average molecular weight is 173 g/mol. The van der Waals surface area contributed by atoms with Gasteiger partial charge in [0.15, 0.2) is 6.07 Å². The lowest BCUT2D eigenvalue weighted by Gasteiger charge is -1.94. The number of nitrogens with zero attached hydrogens (tertiary/aromatic N) is 1. The molecule has 0 aromatic heterocycles. The Hall–Kier alpha value is -1.38. The third-order valence-electron chi connectivity index (χ3n) is 1.33. The molecule has 0 amide bonds. The minimum absolute atomic E-state index is 0.892. The highest BCUT2D eigenvalue weighted by Gasteiger charge is 1.89. The fraction of sp³-hybridized carbons (Fsp3) is 0.100. The van der Waals surface area contributed by atoms with Crippen molar-refractivity contribution < 1.29 is 0 Å². The molecule has 0 aliphatic heterocycles. The molecule has 58 valence electrons. The molecule has 0 aliphatic rings. The third kappa shape index (κ3) is 2.34. The lowest BCUT2D eigenvalue weighted by atomic mass is 10.2. The van der Waals surface area contributed by atoms with E-state index in [0.29, 0.717) is 0 Å². The summed E-state index contributed by atoms with van der Waals surface area (Å²) in [5.74, 6) is 5.11. The molecule has 0 bridgehead atoms. The second-order valence-corrected chi connectivity index (χ2v) is 2.97. The molecule has 0 heterocycles. The van der Waals surface area contributed by atoms with E-state index >= 15 is 0 Å². The standard InChI is InChI=1S/C10H7NS/c1-12-10-6-2-4-9(8-10)5-3-7-11/h2,4,6,8H,1H3. The first-order valence-electron chi connectivity index (χ1n) is 3.41. The fourth-order valence-electron chi connectivity index (χ4n) is 0.801. The fourth-order valence-corrected chi connectivity index (χ4v) is 1.26. The highest BCUT2D eigenvalue weighted by molar-refractivity contribution is 7.98. The summed E-state index contributed by atoms with van der Waals surface area (Å²) in [6, 6.07) is 9.60. The number of benzene rings is 1. The van der Waals surface area contributed by atoms with E-state index in [9.17, 15) is 0 Å². The Morgan fingerprint density at radius 2 is 2.25 bits per heavy atom. The maximum atomic E-state index is 8.23. The second-order valence-electron chi connectivity index (χ2n) is 2.09. The molecule has 0 aliphatic carbocycles. The van der Waals surface area contributed by atoms with Crippen molar-refractivity contribution in [3.8, 4) is 17.9 Å². The molecule has 0 spiro atoms. The maximum Gasteiger partial charge on any atom is 0.152 e. The zero-order valence-corrected chi connectivity index (χ0v) is 7.48. The van der Waals surface area contributed by atoms with E-state index in [-0.39, 0.29) is 0 Å². The van der Waals surface area contributed by atoms with E-state index in [1.807, 2.05) is 30.5 Å². The van der Waals surface area contributed by atoms with Gasteiger partial charge in [-0.2, -0.15) is 5.26 Å². The zero-order valence-electron chi connectivity index (χ0n) is 6.66.